The molecule has 2 nitrogen and oxygen atoms in total. The van der Waals surface area contributed by atoms with Gasteiger partial charge in [-0.25, -0.2) is 5.01 Å². The van der Waals surface area contributed by atoms with Gasteiger partial charge in [-0.2, -0.15) is 5.10 Å². The average molecular weight is 218 g/mol. The van der Waals surface area contributed by atoms with E-state index in [4.69, 9.17) is 0 Å². The fraction of sp³-hybridized carbons (Fsp3) is 0.357. The van der Waals surface area contributed by atoms with Crippen LogP contribution >= 0.6 is 0 Å². The van der Waals surface area contributed by atoms with Crippen molar-refractivity contribution < 1.29 is 0 Å². The van der Waals surface area contributed by atoms with Gasteiger partial charge >= 0.3 is 0 Å². The van der Waals surface area contributed by atoms with Gasteiger partial charge in [-0.15, -0.1) is 0 Å². The van der Waals surface area contributed by atoms with Crippen molar-refractivity contribution in [1.29, 1.82) is 0 Å². The maximum absolute atomic E-state index is 3.97. The molecule has 0 amide bonds. The van der Waals surface area contributed by atoms with Crippen LogP contribution in [0.3, 0.4) is 0 Å². The quantitative estimate of drug-likeness (QED) is 0.281. The Morgan fingerprint density at radius 2 is 1.88 bits per heavy atom. The summed E-state index contributed by atoms with van der Waals surface area (Å²) in [5, 5.41) is 5.72. The van der Waals surface area contributed by atoms with Gasteiger partial charge in [0, 0.05) is 12.4 Å². The molecule has 0 rings (SSSR count). The number of hydrogen-bond acceptors (Lipinski definition) is 2. The molecule has 0 fully saturated rings. The summed E-state index contributed by atoms with van der Waals surface area (Å²) < 4.78 is 0. The summed E-state index contributed by atoms with van der Waals surface area (Å²) in [4.78, 5) is 0. The van der Waals surface area contributed by atoms with E-state index in [0.717, 1.165) is 17.8 Å². The van der Waals surface area contributed by atoms with Crippen LogP contribution in [0.5, 0.6) is 0 Å². The predicted molar refractivity (Wildman–Crippen MR) is 73.1 cm³/mol. The minimum Gasteiger partial charge on any atom is -0.239 e. The van der Waals surface area contributed by atoms with E-state index in [1.807, 2.05) is 39.8 Å². The Morgan fingerprint density at radius 3 is 2.31 bits per heavy atom. The van der Waals surface area contributed by atoms with Crippen LogP contribution in [-0.4, -0.2) is 11.7 Å². The molecule has 0 bridgehead atoms. The average Bonchev–Trinajstić information content (AvgIpc) is 2.25. The molecule has 0 saturated heterocycles. The van der Waals surface area contributed by atoms with Crippen LogP contribution in [-0.2, 0) is 0 Å². The van der Waals surface area contributed by atoms with Gasteiger partial charge in [0.25, 0.3) is 0 Å². The summed E-state index contributed by atoms with van der Waals surface area (Å²) in [6.07, 6.45) is 9.04. The van der Waals surface area contributed by atoms with Crippen molar-refractivity contribution in [1.82, 2.24) is 5.01 Å². The first-order valence-corrected chi connectivity index (χ1v) is 5.42. The summed E-state index contributed by atoms with van der Waals surface area (Å²) in [5.74, 6) is 0. The normalized spacial score (nSPS) is 10.8. The Morgan fingerprint density at radius 1 is 1.25 bits per heavy atom. The van der Waals surface area contributed by atoms with Gasteiger partial charge in [-0.05, 0) is 40.2 Å². The third kappa shape index (κ3) is 4.78. The highest BCUT2D eigenvalue weighted by Crippen LogP contribution is 2.16. The zero-order chi connectivity index (χ0) is 12.6. The maximum atomic E-state index is 3.97. The van der Waals surface area contributed by atoms with Gasteiger partial charge in [0.2, 0.25) is 0 Å². The first kappa shape index (κ1) is 14.4. The van der Waals surface area contributed by atoms with Crippen molar-refractivity contribution >= 4 is 6.72 Å². The molecular formula is C14H22N2. The molecule has 0 unspecified atom stereocenters. The van der Waals surface area contributed by atoms with Crippen LogP contribution in [0.4, 0.5) is 0 Å². The molecule has 2 heteroatoms. The van der Waals surface area contributed by atoms with Crippen LogP contribution in [0.1, 0.15) is 34.1 Å². The van der Waals surface area contributed by atoms with E-state index in [1.165, 1.54) is 5.57 Å². The summed E-state index contributed by atoms with van der Waals surface area (Å²) in [7, 11) is 0. The second-order valence-corrected chi connectivity index (χ2v) is 3.74. The lowest BCUT2D eigenvalue weighted by Gasteiger charge is -2.20. The second kappa shape index (κ2) is 7.69. The number of allylic oxidation sites excluding steroid dienone is 6. The summed E-state index contributed by atoms with van der Waals surface area (Å²) in [6.45, 7) is 15.6. The van der Waals surface area contributed by atoms with Crippen LogP contribution in [0.2, 0.25) is 0 Å². The van der Waals surface area contributed by atoms with E-state index in [9.17, 15) is 0 Å². The summed E-state index contributed by atoms with van der Waals surface area (Å²) in [5.41, 5.74) is 3.10. The van der Waals surface area contributed by atoms with Crippen LogP contribution in [0.15, 0.2) is 53.0 Å². The molecule has 0 radical (unpaired) electrons. The van der Waals surface area contributed by atoms with Crippen molar-refractivity contribution in [3.8, 4) is 0 Å². The molecule has 0 saturated carbocycles. The van der Waals surface area contributed by atoms with Gasteiger partial charge in [0.1, 0.15) is 0 Å². The zero-order valence-electron chi connectivity index (χ0n) is 10.8. The highest BCUT2D eigenvalue weighted by molar-refractivity contribution is 5.28. The van der Waals surface area contributed by atoms with Crippen molar-refractivity contribution in [2.75, 3.05) is 0 Å². The maximum Gasteiger partial charge on any atom is 0.0573 e. The Balaban J connectivity index is 4.62. The molecule has 0 spiro atoms. The molecule has 0 heterocycles. The molecule has 0 aliphatic heterocycles. The third-order valence-corrected chi connectivity index (χ3v) is 2.27. The zero-order valence-corrected chi connectivity index (χ0v) is 10.8. The van der Waals surface area contributed by atoms with E-state index in [1.54, 1.807) is 5.01 Å². The van der Waals surface area contributed by atoms with Gasteiger partial charge in [-0.1, -0.05) is 30.4 Å². The Kier molecular flexibility index (Phi) is 6.93. The lowest BCUT2D eigenvalue weighted by atomic mass is 10.2. The van der Waals surface area contributed by atoms with Crippen molar-refractivity contribution in [3.63, 3.8) is 0 Å². The lowest BCUT2D eigenvalue weighted by Crippen LogP contribution is -2.12. The van der Waals surface area contributed by atoms with E-state index >= 15 is 0 Å². The van der Waals surface area contributed by atoms with Gasteiger partial charge in [0.15, 0.2) is 0 Å². The van der Waals surface area contributed by atoms with E-state index in [0.29, 0.717) is 0 Å². The van der Waals surface area contributed by atoms with Crippen LogP contribution < -0.4 is 0 Å². The van der Waals surface area contributed by atoms with Crippen molar-refractivity contribution in [3.05, 3.63) is 47.9 Å². The number of hydrogen-bond donors (Lipinski definition) is 0. The molecule has 0 atom stereocenters. The van der Waals surface area contributed by atoms with Crippen molar-refractivity contribution in [2.24, 2.45) is 5.10 Å². The SMILES string of the molecule is C=NN(C(=C)/C=C\C/C=C\C)C(C)=C(C)C. The van der Waals surface area contributed by atoms with Crippen LogP contribution in [0.25, 0.3) is 0 Å². The van der Waals surface area contributed by atoms with Crippen LogP contribution in [0, 0.1) is 0 Å². The largest absolute Gasteiger partial charge is 0.239 e. The monoisotopic (exact) mass is 218 g/mol. The van der Waals surface area contributed by atoms with Gasteiger partial charge < -0.3 is 0 Å². The molecule has 0 aliphatic carbocycles. The number of nitrogens with zero attached hydrogens (tertiary/aromatic N) is 2. The molecular weight excluding hydrogens is 196 g/mol. The number of hydrazone groups is 1. The Hall–Kier alpha value is -1.57. The standard InChI is InChI=1S/C14H22N2/c1-7-8-9-10-11-13(4)16(15-6)14(5)12(2)3/h7-8,10-11H,4,6,9H2,1-3,5H3/b8-7-,11-10-. The lowest BCUT2D eigenvalue weighted by molar-refractivity contribution is 0.470. The first-order chi connectivity index (χ1) is 7.54. The molecule has 0 aromatic carbocycles. The first-order valence-electron chi connectivity index (χ1n) is 5.42. The van der Waals surface area contributed by atoms with Gasteiger partial charge in [0.05, 0.1) is 5.70 Å². The summed E-state index contributed by atoms with van der Waals surface area (Å²) >= 11 is 0. The van der Waals surface area contributed by atoms with Gasteiger partial charge in [-0.3, -0.25) is 0 Å². The second-order valence-electron chi connectivity index (χ2n) is 3.74. The Labute approximate surface area is 99.4 Å². The molecule has 0 aromatic rings. The predicted octanol–water partition coefficient (Wildman–Crippen LogP) is 4.25. The molecule has 0 N–H and O–H groups in total. The topological polar surface area (TPSA) is 15.6 Å². The summed E-state index contributed by atoms with van der Waals surface area (Å²) in [6, 6.07) is 0. The fourth-order valence-corrected chi connectivity index (χ4v) is 1.11. The fourth-order valence-electron chi connectivity index (χ4n) is 1.11. The van der Waals surface area contributed by atoms with Crippen molar-refractivity contribution in [2.45, 2.75) is 34.1 Å². The minimum atomic E-state index is 0.832. The third-order valence-electron chi connectivity index (χ3n) is 2.27. The highest BCUT2D eigenvalue weighted by Gasteiger charge is 2.05. The minimum absolute atomic E-state index is 0.832. The molecule has 0 aromatic heterocycles. The molecule has 88 valence electrons. The highest BCUT2D eigenvalue weighted by atomic mass is 15.5. The number of rotatable bonds is 6. The smallest absolute Gasteiger partial charge is 0.0573 e. The van der Waals surface area contributed by atoms with E-state index in [2.05, 4.69) is 30.5 Å². The van der Waals surface area contributed by atoms with E-state index in [-0.39, 0.29) is 0 Å². The van der Waals surface area contributed by atoms with E-state index < -0.39 is 0 Å². The molecule has 16 heavy (non-hydrogen) atoms. The Bertz CT molecular complexity index is 329. The molecule has 0 aliphatic rings.